The third-order valence-electron chi connectivity index (χ3n) is 3.60. The number of hydrogen-bond acceptors (Lipinski definition) is 10. The molecule has 0 aromatic rings. The molecule has 0 amide bonds. The Morgan fingerprint density at radius 2 is 1.40 bits per heavy atom. The molecule has 0 bridgehead atoms. The van der Waals surface area contributed by atoms with Crippen LogP contribution in [0.2, 0.25) is 0 Å². The molecule has 0 aromatic heterocycles. The Hall–Kier alpha value is -2.22. The molecule has 0 aromatic carbocycles. The first-order valence-corrected chi connectivity index (χ1v) is 9.08. The third kappa shape index (κ3) is 7.55. The molecule has 0 saturated heterocycles. The number of aliphatic hydroxyl groups is 4. The molecule has 0 spiro atoms. The summed E-state index contributed by atoms with van der Waals surface area (Å²) in [6.45, 7) is 6.87. The van der Waals surface area contributed by atoms with Crippen molar-refractivity contribution in [3.63, 3.8) is 0 Å². The van der Waals surface area contributed by atoms with Crippen LogP contribution in [-0.2, 0) is 28.5 Å². The van der Waals surface area contributed by atoms with Crippen LogP contribution in [0.3, 0.4) is 0 Å². The smallest absolute Gasteiger partial charge is 0.340 e. The minimum Gasteiger partial charge on any atom is -0.510 e. The van der Waals surface area contributed by atoms with Crippen molar-refractivity contribution < 1.29 is 59.2 Å². The summed E-state index contributed by atoms with van der Waals surface area (Å²) in [6, 6.07) is 0. The highest BCUT2D eigenvalue weighted by molar-refractivity contribution is 5.76. The van der Waals surface area contributed by atoms with Gasteiger partial charge in [-0.2, -0.15) is 0 Å². The first kappa shape index (κ1) is 25.8. The number of rotatable bonds is 6. The summed E-state index contributed by atoms with van der Waals surface area (Å²) in [6.07, 6.45) is -6.01. The second kappa shape index (κ2) is 11.2. The number of carboxylic acids is 2. The van der Waals surface area contributed by atoms with Gasteiger partial charge >= 0.3 is 11.9 Å². The molecule has 0 saturated carbocycles. The summed E-state index contributed by atoms with van der Waals surface area (Å²) < 4.78 is 20.1. The molecule has 0 radical (unpaired) electrons. The number of ether oxygens (including phenoxy) is 4. The van der Waals surface area contributed by atoms with Crippen LogP contribution < -0.4 is 0 Å². The minimum absolute atomic E-state index is 0.215. The summed E-state index contributed by atoms with van der Waals surface area (Å²) in [5, 5.41) is 54.7. The van der Waals surface area contributed by atoms with Crippen LogP contribution in [0, 0.1) is 0 Å². The van der Waals surface area contributed by atoms with E-state index in [1.54, 1.807) is 27.7 Å². The van der Waals surface area contributed by atoms with Crippen molar-refractivity contribution in [2.45, 2.75) is 76.9 Å². The van der Waals surface area contributed by atoms with Gasteiger partial charge in [-0.3, -0.25) is 0 Å². The summed E-state index contributed by atoms with van der Waals surface area (Å²) >= 11 is 0. The highest BCUT2D eigenvalue weighted by Crippen LogP contribution is 2.21. The van der Waals surface area contributed by atoms with E-state index < -0.39 is 60.5 Å². The average molecular weight is 436 g/mol. The Bertz CT molecular complexity index is 656. The predicted octanol–water partition coefficient (Wildman–Crippen LogP) is 0.0474. The Balaban J connectivity index is 0.000000300. The summed E-state index contributed by atoms with van der Waals surface area (Å²) in [5.41, 5.74) is 0. The Morgan fingerprint density at radius 3 is 1.87 bits per heavy atom. The zero-order valence-electron chi connectivity index (χ0n) is 16.9. The molecule has 2 aliphatic rings. The fraction of sp³-hybridized carbons (Fsp3) is 0.667. The van der Waals surface area contributed by atoms with Crippen LogP contribution >= 0.6 is 0 Å². The predicted molar refractivity (Wildman–Crippen MR) is 98.5 cm³/mol. The van der Waals surface area contributed by atoms with E-state index in [0.717, 1.165) is 12.2 Å². The number of hydrogen-bond donors (Lipinski definition) is 6. The van der Waals surface area contributed by atoms with E-state index in [2.05, 4.69) is 0 Å². The van der Waals surface area contributed by atoms with Gasteiger partial charge < -0.3 is 49.6 Å². The maximum absolute atomic E-state index is 10.6. The maximum Gasteiger partial charge on any atom is 0.340 e. The molecular formula is C18H28O12. The molecule has 0 fully saturated rings. The molecule has 2 aliphatic heterocycles. The second-order valence-electron chi connectivity index (χ2n) is 6.97. The van der Waals surface area contributed by atoms with Crippen LogP contribution in [-0.4, -0.2) is 91.8 Å². The lowest BCUT2D eigenvalue weighted by Crippen LogP contribution is -2.44. The summed E-state index contributed by atoms with van der Waals surface area (Å²) in [5.74, 6) is -3.53. The quantitative estimate of drug-likeness (QED) is 0.328. The maximum atomic E-state index is 10.6. The lowest BCUT2D eigenvalue weighted by Gasteiger charge is -2.30. The fourth-order valence-electron chi connectivity index (χ4n) is 2.35. The SMILES string of the molecule is CC(C)O[C@@H]1OC(C(=O)O)C(O)=CC1O.CC(C)O[C@@H]1OC(C(=O)O)C=C(O)C1O. The van der Waals surface area contributed by atoms with Gasteiger partial charge in [0, 0.05) is 0 Å². The summed E-state index contributed by atoms with van der Waals surface area (Å²) in [4.78, 5) is 21.3. The molecule has 6 N–H and O–H groups in total. The van der Waals surface area contributed by atoms with Gasteiger partial charge in [0.2, 0.25) is 6.10 Å². The van der Waals surface area contributed by atoms with Crippen molar-refractivity contribution in [1.29, 1.82) is 0 Å². The van der Waals surface area contributed by atoms with Crippen LogP contribution in [0.1, 0.15) is 27.7 Å². The monoisotopic (exact) mass is 436 g/mol. The molecule has 172 valence electrons. The Labute approximate surface area is 172 Å². The van der Waals surface area contributed by atoms with Gasteiger partial charge in [0.05, 0.1) is 12.2 Å². The number of carbonyl (C=O) groups is 2. The lowest BCUT2D eigenvalue weighted by molar-refractivity contribution is -0.231. The van der Waals surface area contributed by atoms with Crippen molar-refractivity contribution >= 4 is 11.9 Å². The van der Waals surface area contributed by atoms with E-state index in [-0.39, 0.29) is 12.2 Å². The third-order valence-corrected chi connectivity index (χ3v) is 3.60. The van der Waals surface area contributed by atoms with Crippen molar-refractivity contribution in [3.8, 4) is 0 Å². The van der Waals surface area contributed by atoms with Crippen molar-refractivity contribution in [3.05, 3.63) is 23.7 Å². The lowest BCUT2D eigenvalue weighted by atomic mass is 10.1. The van der Waals surface area contributed by atoms with Gasteiger partial charge in [0.15, 0.2) is 24.8 Å². The molecule has 0 aliphatic carbocycles. The fourth-order valence-corrected chi connectivity index (χ4v) is 2.35. The number of aliphatic carboxylic acids is 2. The van der Waals surface area contributed by atoms with Crippen LogP contribution in [0.25, 0.3) is 0 Å². The van der Waals surface area contributed by atoms with Gasteiger partial charge in [-0.05, 0) is 39.8 Å². The Kier molecular flexibility index (Phi) is 9.68. The largest absolute Gasteiger partial charge is 0.510 e. The molecule has 12 nitrogen and oxygen atoms in total. The van der Waals surface area contributed by atoms with Crippen molar-refractivity contribution in [1.82, 2.24) is 0 Å². The molecule has 30 heavy (non-hydrogen) atoms. The van der Waals surface area contributed by atoms with Crippen LogP contribution in [0.4, 0.5) is 0 Å². The highest BCUT2D eigenvalue weighted by Gasteiger charge is 2.37. The van der Waals surface area contributed by atoms with Gasteiger partial charge in [0.25, 0.3) is 0 Å². The average Bonchev–Trinajstić information content (AvgIpc) is 2.60. The van der Waals surface area contributed by atoms with E-state index in [1.165, 1.54) is 0 Å². The summed E-state index contributed by atoms with van der Waals surface area (Å²) in [7, 11) is 0. The number of carboxylic acid groups (broad SMARTS) is 2. The van der Waals surface area contributed by atoms with Gasteiger partial charge in [0.1, 0.15) is 17.6 Å². The zero-order chi connectivity index (χ0) is 23.2. The van der Waals surface area contributed by atoms with Gasteiger partial charge in [-0.25, -0.2) is 9.59 Å². The zero-order valence-corrected chi connectivity index (χ0v) is 16.9. The topological polar surface area (TPSA) is 192 Å². The molecule has 12 heteroatoms. The van der Waals surface area contributed by atoms with Crippen molar-refractivity contribution in [2.75, 3.05) is 0 Å². The van der Waals surface area contributed by atoms with Crippen LogP contribution in [0.15, 0.2) is 23.7 Å². The first-order valence-electron chi connectivity index (χ1n) is 9.08. The number of aliphatic hydroxyl groups excluding tert-OH is 4. The molecule has 2 rings (SSSR count). The standard InChI is InChI=1S/2C9H14O6/c1-4(2)14-9-6(11)3-5(10)7(15-9)8(12)13;1-4(2)14-9-7(11)5(10)3-6(15-9)8(12)13/h2*3-4,6-7,9-11H,1-2H3,(H,12,13)/t2*6?,7?,9-/m11/s1. The van der Waals surface area contributed by atoms with E-state index in [1.807, 2.05) is 0 Å². The molecule has 6 atom stereocenters. The van der Waals surface area contributed by atoms with E-state index in [0.29, 0.717) is 0 Å². The Morgan fingerprint density at radius 1 is 0.867 bits per heavy atom. The molecular weight excluding hydrogens is 408 g/mol. The van der Waals surface area contributed by atoms with Gasteiger partial charge in [-0.1, -0.05) is 0 Å². The molecule has 2 heterocycles. The second-order valence-corrected chi connectivity index (χ2v) is 6.97. The van der Waals surface area contributed by atoms with E-state index >= 15 is 0 Å². The van der Waals surface area contributed by atoms with Crippen LogP contribution in [0.5, 0.6) is 0 Å². The normalized spacial score (nSPS) is 31.5. The first-order chi connectivity index (χ1) is 13.8. The van der Waals surface area contributed by atoms with E-state index in [9.17, 15) is 30.0 Å². The minimum atomic E-state index is -1.47. The van der Waals surface area contributed by atoms with Crippen molar-refractivity contribution in [2.24, 2.45) is 0 Å². The van der Waals surface area contributed by atoms with Gasteiger partial charge in [-0.15, -0.1) is 0 Å². The highest BCUT2D eigenvalue weighted by atomic mass is 16.7. The van der Waals surface area contributed by atoms with E-state index in [4.69, 9.17) is 29.2 Å². The molecule has 4 unspecified atom stereocenters.